The van der Waals surface area contributed by atoms with Crippen LogP contribution in [0.3, 0.4) is 0 Å². The number of carbonyl (C=O) groups excluding carboxylic acids is 2. The van der Waals surface area contributed by atoms with E-state index in [1.165, 1.54) is 17.0 Å². The lowest BCUT2D eigenvalue weighted by atomic mass is 9.86. The topological polar surface area (TPSA) is 58.6 Å². The Labute approximate surface area is 153 Å². The number of nitrogens with one attached hydrogen (secondary N) is 1. The molecule has 1 aliphatic heterocycles. The summed E-state index contributed by atoms with van der Waals surface area (Å²) in [7, 11) is 0. The normalized spacial score (nSPS) is 15.4. The highest BCUT2D eigenvalue weighted by Gasteiger charge is 2.44. The maximum absolute atomic E-state index is 12.7. The molecule has 0 unspecified atom stereocenters. The number of alkyl halides is 3. The van der Waals surface area contributed by atoms with Crippen molar-refractivity contribution in [2.75, 3.05) is 16.8 Å². The van der Waals surface area contributed by atoms with Crippen LogP contribution < -0.4 is 15.0 Å². The molecule has 8 heteroatoms. The molecule has 0 atom stereocenters. The van der Waals surface area contributed by atoms with Crippen molar-refractivity contribution >= 4 is 23.2 Å². The fourth-order valence-electron chi connectivity index (χ4n) is 3.04. The molecule has 0 fully saturated rings. The molecule has 2 amide bonds. The van der Waals surface area contributed by atoms with Gasteiger partial charge in [-0.25, -0.2) is 0 Å². The van der Waals surface area contributed by atoms with E-state index in [0.717, 1.165) is 17.7 Å². The molecule has 0 aromatic heterocycles. The van der Waals surface area contributed by atoms with E-state index in [-0.39, 0.29) is 18.2 Å². The second kappa shape index (κ2) is 6.61. The van der Waals surface area contributed by atoms with E-state index in [9.17, 15) is 22.8 Å². The predicted octanol–water partition coefficient (Wildman–Crippen LogP) is 3.85. The lowest BCUT2D eigenvalue weighted by molar-refractivity contribution is -0.274. The zero-order chi connectivity index (χ0) is 19.8. The van der Waals surface area contributed by atoms with E-state index in [0.29, 0.717) is 11.4 Å². The Morgan fingerprint density at radius 3 is 2.37 bits per heavy atom. The summed E-state index contributed by atoms with van der Waals surface area (Å²) in [5.41, 5.74) is 1.09. The van der Waals surface area contributed by atoms with E-state index >= 15 is 0 Å². The quantitative estimate of drug-likeness (QED) is 0.879. The zero-order valence-electron chi connectivity index (χ0n) is 14.6. The minimum absolute atomic E-state index is 0.187. The molecule has 2 aromatic carbocycles. The highest BCUT2D eigenvalue weighted by Crippen LogP contribution is 2.41. The van der Waals surface area contributed by atoms with Gasteiger partial charge in [0, 0.05) is 11.4 Å². The maximum Gasteiger partial charge on any atom is 0.573 e. The van der Waals surface area contributed by atoms with Crippen LogP contribution in [0.2, 0.25) is 0 Å². The molecule has 1 aliphatic rings. The molecule has 0 bridgehead atoms. The third-order valence-corrected chi connectivity index (χ3v) is 4.32. The Morgan fingerprint density at radius 2 is 1.74 bits per heavy atom. The van der Waals surface area contributed by atoms with Crippen molar-refractivity contribution in [3.05, 3.63) is 54.1 Å². The van der Waals surface area contributed by atoms with E-state index in [1.807, 2.05) is 12.1 Å². The zero-order valence-corrected chi connectivity index (χ0v) is 14.6. The van der Waals surface area contributed by atoms with Crippen molar-refractivity contribution in [2.45, 2.75) is 25.6 Å². The van der Waals surface area contributed by atoms with Gasteiger partial charge in [0.15, 0.2) is 0 Å². The first-order chi connectivity index (χ1) is 12.6. The van der Waals surface area contributed by atoms with Crippen molar-refractivity contribution < 1.29 is 27.5 Å². The number of fused-ring (bicyclic) bond motifs is 1. The van der Waals surface area contributed by atoms with Gasteiger partial charge < -0.3 is 15.0 Å². The van der Waals surface area contributed by atoms with Gasteiger partial charge in [0.2, 0.25) is 11.8 Å². The Hall–Kier alpha value is -3.03. The Balaban J connectivity index is 1.69. The van der Waals surface area contributed by atoms with Crippen molar-refractivity contribution in [3.8, 4) is 5.75 Å². The molecular formula is C19H17F3N2O3. The molecule has 0 saturated carbocycles. The number of hydrogen-bond donors (Lipinski definition) is 1. The van der Waals surface area contributed by atoms with Crippen LogP contribution in [0.5, 0.6) is 5.75 Å². The standard InChI is InChI=1S/C19H17F3N2O3/c1-18(2)14-5-3-4-6-15(14)24(17(18)26)11-16(25)23-12-7-9-13(10-8-12)27-19(20,21)22/h3-10H,11H2,1-2H3,(H,23,25). The summed E-state index contributed by atoms with van der Waals surface area (Å²) in [5.74, 6) is -1.03. The van der Waals surface area contributed by atoms with E-state index in [2.05, 4.69) is 10.1 Å². The average molecular weight is 378 g/mol. The number of nitrogens with zero attached hydrogens (tertiary/aromatic N) is 1. The van der Waals surface area contributed by atoms with Gasteiger partial charge >= 0.3 is 6.36 Å². The predicted molar refractivity (Wildman–Crippen MR) is 93.6 cm³/mol. The Morgan fingerprint density at radius 1 is 1.11 bits per heavy atom. The lowest BCUT2D eigenvalue weighted by Crippen LogP contribution is -2.40. The van der Waals surface area contributed by atoms with Crippen molar-refractivity contribution in [2.24, 2.45) is 0 Å². The number of ether oxygens (including phenoxy) is 1. The minimum Gasteiger partial charge on any atom is -0.406 e. The van der Waals surface area contributed by atoms with Gasteiger partial charge in [0.1, 0.15) is 12.3 Å². The summed E-state index contributed by atoms with van der Waals surface area (Å²) in [5, 5.41) is 2.57. The van der Waals surface area contributed by atoms with Gasteiger partial charge in [0.05, 0.1) is 5.41 Å². The summed E-state index contributed by atoms with van der Waals surface area (Å²) in [4.78, 5) is 26.4. The summed E-state index contributed by atoms with van der Waals surface area (Å²) < 4.78 is 40.3. The fourth-order valence-corrected chi connectivity index (χ4v) is 3.04. The first kappa shape index (κ1) is 18.8. The van der Waals surface area contributed by atoms with Gasteiger partial charge in [-0.1, -0.05) is 18.2 Å². The number of hydrogen-bond acceptors (Lipinski definition) is 3. The summed E-state index contributed by atoms with van der Waals surface area (Å²) >= 11 is 0. The van der Waals surface area contributed by atoms with Gasteiger partial charge in [-0.05, 0) is 49.7 Å². The summed E-state index contributed by atoms with van der Waals surface area (Å²) in [6.45, 7) is 3.40. The van der Waals surface area contributed by atoms with Gasteiger partial charge in [-0.3, -0.25) is 9.59 Å². The van der Waals surface area contributed by atoms with Gasteiger partial charge in [0.25, 0.3) is 0 Å². The molecule has 0 aliphatic carbocycles. The fraction of sp³-hybridized carbons (Fsp3) is 0.263. The molecule has 5 nitrogen and oxygen atoms in total. The molecule has 2 aromatic rings. The van der Waals surface area contributed by atoms with Crippen molar-refractivity contribution in [1.82, 2.24) is 0 Å². The summed E-state index contributed by atoms with van der Waals surface area (Å²) in [6.07, 6.45) is -4.78. The number of halogens is 3. The number of benzene rings is 2. The number of anilines is 2. The largest absolute Gasteiger partial charge is 0.573 e. The molecule has 3 rings (SSSR count). The highest BCUT2D eigenvalue weighted by molar-refractivity contribution is 6.11. The lowest BCUT2D eigenvalue weighted by Gasteiger charge is -2.20. The number of rotatable bonds is 4. The average Bonchev–Trinajstić information content (AvgIpc) is 2.77. The molecular weight excluding hydrogens is 361 g/mol. The molecule has 27 heavy (non-hydrogen) atoms. The van der Waals surface area contributed by atoms with E-state index in [4.69, 9.17) is 0 Å². The van der Waals surface area contributed by atoms with Crippen LogP contribution in [0.15, 0.2) is 48.5 Å². The Bertz CT molecular complexity index is 877. The maximum atomic E-state index is 12.7. The van der Waals surface area contributed by atoms with E-state index < -0.39 is 17.7 Å². The molecule has 1 heterocycles. The molecule has 142 valence electrons. The first-order valence-electron chi connectivity index (χ1n) is 8.15. The number of para-hydroxylation sites is 1. The Kier molecular flexibility index (Phi) is 4.59. The van der Waals surface area contributed by atoms with Crippen LogP contribution in [0.1, 0.15) is 19.4 Å². The van der Waals surface area contributed by atoms with E-state index in [1.54, 1.807) is 26.0 Å². The monoisotopic (exact) mass is 378 g/mol. The minimum atomic E-state index is -4.78. The molecule has 0 spiro atoms. The first-order valence-corrected chi connectivity index (χ1v) is 8.15. The van der Waals surface area contributed by atoms with Crippen LogP contribution in [0, 0.1) is 0 Å². The molecule has 0 saturated heterocycles. The highest BCUT2D eigenvalue weighted by atomic mass is 19.4. The van der Waals surface area contributed by atoms with Crippen LogP contribution >= 0.6 is 0 Å². The third kappa shape index (κ3) is 3.89. The smallest absolute Gasteiger partial charge is 0.406 e. The third-order valence-electron chi connectivity index (χ3n) is 4.32. The summed E-state index contributed by atoms with van der Waals surface area (Å²) in [6, 6.07) is 12.0. The number of carbonyl (C=O) groups is 2. The second-order valence-electron chi connectivity index (χ2n) is 6.65. The second-order valence-corrected chi connectivity index (χ2v) is 6.65. The van der Waals surface area contributed by atoms with Crippen molar-refractivity contribution in [3.63, 3.8) is 0 Å². The van der Waals surface area contributed by atoms with Gasteiger partial charge in [-0.2, -0.15) is 0 Å². The van der Waals surface area contributed by atoms with Crippen LogP contribution in [0.25, 0.3) is 0 Å². The SMILES string of the molecule is CC1(C)C(=O)N(CC(=O)Nc2ccc(OC(F)(F)F)cc2)c2ccccc21. The number of amides is 2. The van der Waals surface area contributed by atoms with Crippen LogP contribution in [-0.2, 0) is 15.0 Å². The van der Waals surface area contributed by atoms with Gasteiger partial charge in [-0.15, -0.1) is 13.2 Å². The van der Waals surface area contributed by atoms with Crippen LogP contribution in [-0.4, -0.2) is 24.7 Å². The molecule has 1 N–H and O–H groups in total. The molecule has 0 radical (unpaired) electrons. The van der Waals surface area contributed by atoms with Crippen molar-refractivity contribution in [1.29, 1.82) is 0 Å². The van der Waals surface area contributed by atoms with Crippen LogP contribution in [0.4, 0.5) is 24.5 Å².